The van der Waals surface area contributed by atoms with Gasteiger partial charge in [-0.25, -0.2) is 0 Å². The summed E-state index contributed by atoms with van der Waals surface area (Å²) in [6.45, 7) is 6.49. The van der Waals surface area contributed by atoms with Crippen LogP contribution in [0.15, 0.2) is 0 Å². The van der Waals surface area contributed by atoms with E-state index < -0.39 is 11.3 Å². The molecule has 0 spiro atoms. The number of piperazine rings is 1. The van der Waals surface area contributed by atoms with Gasteiger partial charge in [-0.1, -0.05) is 0 Å². The van der Waals surface area contributed by atoms with Crippen molar-refractivity contribution in [1.29, 1.82) is 0 Å². The van der Waals surface area contributed by atoms with Crippen molar-refractivity contribution in [3.8, 4) is 0 Å². The fraction of sp³-hybridized carbons (Fsp3) is 0.900. The van der Waals surface area contributed by atoms with E-state index in [-0.39, 0.29) is 0 Å². The van der Waals surface area contributed by atoms with E-state index in [9.17, 15) is 4.79 Å². The number of alkyl halides is 1. The molecule has 1 aliphatic heterocycles. The zero-order chi connectivity index (χ0) is 11.6. The van der Waals surface area contributed by atoms with E-state index in [0.717, 1.165) is 13.1 Å². The van der Waals surface area contributed by atoms with E-state index in [1.165, 1.54) is 0 Å². The summed E-state index contributed by atoms with van der Waals surface area (Å²) in [6.07, 6.45) is 0. The summed E-state index contributed by atoms with van der Waals surface area (Å²) in [5, 5.41) is 7.93. The molecule has 4 nitrogen and oxygen atoms in total. The molecule has 1 N–H and O–H groups in total. The maximum absolute atomic E-state index is 10.6. The van der Waals surface area contributed by atoms with Gasteiger partial charge < -0.3 is 5.11 Å². The normalized spacial score (nSPS) is 31.5. The van der Waals surface area contributed by atoms with Gasteiger partial charge in [-0.2, -0.15) is 0 Å². The van der Waals surface area contributed by atoms with Crippen molar-refractivity contribution < 1.29 is 9.90 Å². The average molecular weight is 235 g/mol. The highest BCUT2D eigenvalue weighted by molar-refractivity contribution is 6.29. The maximum atomic E-state index is 10.6. The minimum atomic E-state index is -0.934. The van der Waals surface area contributed by atoms with Gasteiger partial charge in [0, 0.05) is 31.7 Å². The second-order valence-corrected chi connectivity index (χ2v) is 4.91. The molecule has 0 bridgehead atoms. The van der Waals surface area contributed by atoms with Crippen LogP contribution >= 0.6 is 11.6 Å². The van der Waals surface area contributed by atoms with Gasteiger partial charge in [0.15, 0.2) is 0 Å². The van der Waals surface area contributed by atoms with E-state index in [4.69, 9.17) is 16.7 Å². The Morgan fingerprint density at radius 3 is 2.33 bits per heavy atom. The molecular weight excluding hydrogens is 216 g/mol. The lowest BCUT2D eigenvalue weighted by Crippen LogP contribution is -2.56. The van der Waals surface area contributed by atoms with Crippen LogP contribution in [0.25, 0.3) is 0 Å². The molecular formula is C10H19ClN2O2. The Morgan fingerprint density at radius 2 is 1.93 bits per heavy atom. The van der Waals surface area contributed by atoms with Crippen LogP contribution in [0.1, 0.15) is 13.8 Å². The first-order chi connectivity index (χ1) is 6.91. The molecule has 1 fully saturated rings. The molecule has 1 rings (SSSR count). The van der Waals surface area contributed by atoms with E-state index in [1.54, 1.807) is 0 Å². The molecule has 0 aromatic rings. The summed E-state index contributed by atoms with van der Waals surface area (Å²) in [4.78, 5) is 15.1. The molecule has 1 aliphatic rings. The highest BCUT2D eigenvalue weighted by Crippen LogP contribution is 2.14. The number of likely N-dealkylation sites (N-methyl/N-ethyl adjacent to an activating group) is 1. The van der Waals surface area contributed by atoms with E-state index in [0.29, 0.717) is 18.6 Å². The summed E-state index contributed by atoms with van der Waals surface area (Å²) in [7, 11) is 2.10. The minimum absolute atomic E-state index is 0.430. The van der Waals surface area contributed by atoms with Crippen LogP contribution < -0.4 is 0 Å². The van der Waals surface area contributed by atoms with Gasteiger partial charge in [-0.3, -0.25) is 14.6 Å². The van der Waals surface area contributed by atoms with E-state index in [2.05, 4.69) is 30.7 Å². The summed E-state index contributed by atoms with van der Waals surface area (Å²) < 4.78 is 0. The highest BCUT2D eigenvalue weighted by Gasteiger charge is 2.28. The number of carbonyl (C=O) groups is 1. The minimum Gasteiger partial charge on any atom is -0.480 e. The van der Waals surface area contributed by atoms with Crippen molar-refractivity contribution in [2.45, 2.75) is 31.3 Å². The standard InChI is InChI=1S/C10H19ClN2O2/c1-7-4-13(5-8(2)12(7)3)6-9(11)10(14)15/h7-9H,4-6H2,1-3H3,(H,14,15). The van der Waals surface area contributed by atoms with Crippen molar-refractivity contribution in [2.24, 2.45) is 0 Å². The quantitative estimate of drug-likeness (QED) is 0.731. The molecule has 0 radical (unpaired) electrons. The monoisotopic (exact) mass is 234 g/mol. The smallest absolute Gasteiger partial charge is 0.322 e. The number of nitrogens with zero attached hydrogens (tertiary/aromatic N) is 2. The van der Waals surface area contributed by atoms with Crippen LogP contribution in [0.3, 0.4) is 0 Å². The topological polar surface area (TPSA) is 43.8 Å². The fourth-order valence-electron chi connectivity index (χ4n) is 1.97. The third-order valence-corrected chi connectivity index (χ3v) is 3.45. The van der Waals surface area contributed by atoms with Crippen molar-refractivity contribution in [2.75, 3.05) is 26.7 Å². The number of aliphatic carboxylic acids is 1. The molecule has 3 atom stereocenters. The molecule has 3 unspecified atom stereocenters. The van der Waals surface area contributed by atoms with Crippen molar-refractivity contribution in [1.82, 2.24) is 9.80 Å². The van der Waals surface area contributed by atoms with Crippen molar-refractivity contribution >= 4 is 17.6 Å². The molecule has 1 heterocycles. The molecule has 0 aromatic heterocycles. The van der Waals surface area contributed by atoms with Gasteiger partial charge in [0.25, 0.3) is 0 Å². The number of carboxylic acid groups (broad SMARTS) is 1. The Morgan fingerprint density at radius 1 is 1.47 bits per heavy atom. The van der Waals surface area contributed by atoms with Gasteiger partial charge in [0.2, 0.25) is 0 Å². The Bertz CT molecular complexity index is 225. The van der Waals surface area contributed by atoms with Gasteiger partial charge in [-0.05, 0) is 20.9 Å². The Labute approximate surface area is 95.8 Å². The molecule has 88 valence electrons. The molecule has 0 aromatic carbocycles. The molecule has 0 saturated carbocycles. The molecule has 0 aliphatic carbocycles. The van der Waals surface area contributed by atoms with Gasteiger partial charge >= 0.3 is 5.97 Å². The lowest BCUT2D eigenvalue weighted by Gasteiger charge is -2.42. The first-order valence-corrected chi connectivity index (χ1v) is 5.66. The zero-order valence-corrected chi connectivity index (χ0v) is 10.2. The van der Waals surface area contributed by atoms with Crippen LogP contribution in [0.2, 0.25) is 0 Å². The largest absolute Gasteiger partial charge is 0.480 e. The molecule has 5 heteroatoms. The SMILES string of the molecule is CC1CN(CC(Cl)C(=O)O)CC(C)N1C. The Balaban J connectivity index is 2.48. The van der Waals surface area contributed by atoms with Crippen LogP contribution in [-0.2, 0) is 4.79 Å². The maximum Gasteiger partial charge on any atom is 0.322 e. The van der Waals surface area contributed by atoms with Gasteiger partial charge in [0.05, 0.1) is 0 Å². The summed E-state index contributed by atoms with van der Waals surface area (Å²) in [5.74, 6) is -0.934. The molecule has 15 heavy (non-hydrogen) atoms. The highest BCUT2D eigenvalue weighted by atomic mass is 35.5. The Kier molecular flexibility index (Phi) is 4.37. The van der Waals surface area contributed by atoms with E-state index in [1.807, 2.05) is 0 Å². The zero-order valence-electron chi connectivity index (χ0n) is 9.48. The van der Waals surface area contributed by atoms with Crippen LogP contribution in [-0.4, -0.2) is 65.0 Å². The lowest BCUT2D eigenvalue weighted by atomic mass is 10.1. The second-order valence-electron chi connectivity index (χ2n) is 4.39. The summed E-state index contributed by atoms with van der Waals surface area (Å²) in [6, 6.07) is 0.901. The number of rotatable bonds is 3. The molecule has 1 saturated heterocycles. The first kappa shape index (κ1) is 12.7. The van der Waals surface area contributed by atoms with Crippen LogP contribution in [0.4, 0.5) is 0 Å². The predicted molar refractivity (Wildman–Crippen MR) is 60.4 cm³/mol. The average Bonchev–Trinajstić information content (AvgIpc) is 2.13. The Hall–Kier alpha value is -0.320. The number of carboxylic acids is 1. The summed E-state index contributed by atoms with van der Waals surface area (Å²) in [5.41, 5.74) is 0. The lowest BCUT2D eigenvalue weighted by molar-refractivity contribution is -0.137. The third kappa shape index (κ3) is 3.33. The van der Waals surface area contributed by atoms with Crippen molar-refractivity contribution in [3.05, 3.63) is 0 Å². The van der Waals surface area contributed by atoms with E-state index >= 15 is 0 Å². The van der Waals surface area contributed by atoms with Crippen LogP contribution in [0, 0.1) is 0 Å². The van der Waals surface area contributed by atoms with Gasteiger partial charge in [-0.15, -0.1) is 11.6 Å². The second kappa shape index (κ2) is 5.14. The number of halogens is 1. The van der Waals surface area contributed by atoms with Crippen molar-refractivity contribution in [3.63, 3.8) is 0 Å². The number of hydrogen-bond donors (Lipinski definition) is 1. The van der Waals surface area contributed by atoms with Crippen LogP contribution in [0.5, 0.6) is 0 Å². The predicted octanol–water partition coefficient (Wildman–Crippen LogP) is 0.703. The fourth-order valence-corrected chi connectivity index (χ4v) is 2.16. The van der Waals surface area contributed by atoms with Gasteiger partial charge in [0.1, 0.15) is 5.38 Å². The number of hydrogen-bond acceptors (Lipinski definition) is 3. The molecule has 0 amide bonds. The first-order valence-electron chi connectivity index (χ1n) is 5.23. The third-order valence-electron chi connectivity index (χ3n) is 3.12. The summed E-state index contributed by atoms with van der Waals surface area (Å²) >= 11 is 5.73.